The number of methoxy groups -OCH3 is 3. The number of ketones is 3. The van der Waals surface area contributed by atoms with Crippen molar-refractivity contribution in [2.45, 2.75) is 271 Å². The van der Waals surface area contributed by atoms with Gasteiger partial charge in [0.2, 0.25) is 11.7 Å². The molecule has 4 aliphatic rings. The Hall–Kier alpha value is -9.18. The van der Waals surface area contributed by atoms with Gasteiger partial charge in [-0.25, -0.2) is 24.1 Å². The van der Waals surface area contributed by atoms with E-state index in [0.29, 0.717) is 213 Å². The molecule has 5 aromatic rings. The zero-order valence-corrected chi connectivity index (χ0v) is 79.0. The number of fused-ring (bicyclic) bond motifs is 5. The molecule has 36 nitrogen and oxygen atoms in total. The average molecular weight is 1840 g/mol. The Morgan fingerprint density at radius 2 is 1.48 bits per heavy atom. The maximum atomic E-state index is 15.2. The molecule has 15 atom stereocenters. The molecule has 3 aliphatic heterocycles. The number of anilines is 2. The Morgan fingerprint density at radius 1 is 0.763 bits per heavy atom. The predicted octanol–water partition coefficient (Wildman–Crippen LogP) is 11.0. The number of nitrogens with one attached hydrogen (secondary N) is 1. The molecule has 0 spiro atoms. The maximum absolute atomic E-state index is 15.2. The van der Waals surface area contributed by atoms with Crippen molar-refractivity contribution in [1.82, 2.24) is 49.9 Å². The third kappa shape index (κ3) is 32.9. The maximum Gasteiger partial charge on any atom is 0.329 e. The van der Waals surface area contributed by atoms with Gasteiger partial charge in [0.25, 0.3) is 17.7 Å². The van der Waals surface area contributed by atoms with E-state index < -0.39 is 89.3 Å². The molecule has 2 amide bonds. The summed E-state index contributed by atoms with van der Waals surface area (Å²) in [7, 11) is 4.64. The number of aliphatic hydroxyl groups excluding tert-OH is 1. The molecule has 4 aromatic heterocycles. The Balaban J connectivity index is 0.643. The number of cyclic esters (lactones) is 1. The molecule has 2 bridgehead atoms. The van der Waals surface area contributed by atoms with E-state index >= 15 is 4.79 Å². The number of carbonyl (C=O) groups is 7. The molecule has 7 heterocycles. The van der Waals surface area contributed by atoms with Gasteiger partial charge in [0.05, 0.1) is 114 Å². The highest BCUT2D eigenvalue weighted by Gasteiger charge is 2.53. The first-order valence-electron chi connectivity index (χ1n) is 46.5. The van der Waals surface area contributed by atoms with Crippen LogP contribution in [-0.4, -0.2) is 269 Å². The largest absolute Gasteiger partial charge is 0.460 e. The van der Waals surface area contributed by atoms with Crippen molar-refractivity contribution in [1.29, 1.82) is 0 Å². The number of aryl methyl sites for hydroxylation is 1. The lowest BCUT2D eigenvalue weighted by Crippen LogP contribution is -2.61. The lowest BCUT2D eigenvalue weighted by Gasteiger charge is -2.42. The standard InChI is InChI=1S/C95H143N13O23/c1-61-23-16-14-17-24-62(2)78(118-11)56-72-31-28-67(7)95(117,130-72)88(114)91(115)106-37-21-19-26-76(106)92(116)128-79(57-73(104-131-94(8,9)10)63(3)52-66(6)86(113)87(120-13)85(112)65(5)51-61)64(4)53-68-29-32-75(80(54-68)119-12)108-58-70(102-105-108)59-127-82(111)27-22-39-121-43-47-125-49-45-123-41-35-81(110)98-36-42-124-46-50-126-48-44-122-40-34-71(109)25-18-15-20-38-107-90-83(89(96)99-60-100-90)84(103-107)69-30-33-77-74(55-69)101-93(97)129-77/h14,16-17,23-24,30,33,52,55,58,60-61,63-65,67-68,72,75-76,78-80,86-87,113,117H,15,18-22,25-29,31-32,34-51,53-54,56-57,59H2,1-13H3,(H2,97,101)(H,98,110)(H2,96,99,100)/b17-14+,23-16+,62-24+,66-52+,104-73-/t61-,63-,64-,65-,67-,68+,72+,75+,76+,78+,79+,80-,86-,87+,95-/m1/s1. The Kier molecular flexibility index (Phi) is 43.2. The number of aromatic nitrogens is 8. The molecule has 0 unspecified atom stereocenters. The van der Waals surface area contributed by atoms with E-state index in [1.54, 1.807) is 45.0 Å². The first-order valence-corrected chi connectivity index (χ1v) is 46.5. The van der Waals surface area contributed by atoms with E-state index in [1.165, 1.54) is 18.3 Å². The van der Waals surface area contributed by atoms with Crippen molar-refractivity contribution in [3.8, 4) is 11.3 Å². The highest BCUT2D eigenvalue weighted by atomic mass is 16.7. The zero-order valence-electron chi connectivity index (χ0n) is 79.0. The van der Waals surface area contributed by atoms with Crippen LogP contribution in [0.25, 0.3) is 33.4 Å². The molecular weight excluding hydrogens is 1690 g/mol. The van der Waals surface area contributed by atoms with Crippen molar-refractivity contribution < 1.29 is 110 Å². The summed E-state index contributed by atoms with van der Waals surface area (Å²) in [5, 5.41) is 46.1. The van der Waals surface area contributed by atoms with Crippen LogP contribution in [-0.2, 0) is 108 Å². The fraction of sp³-hybridized carbons (Fsp3) is 0.684. The number of piperidine rings is 1. The van der Waals surface area contributed by atoms with E-state index in [4.69, 9.17) is 87.8 Å². The second-order valence-corrected chi connectivity index (χ2v) is 36.0. The smallest absolute Gasteiger partial charge is 0.329 e. The second-order valence-electron chi connectivity index (χ2n) is 36.0. The number of amides is 2. The first kappa shape index (κ1) is 106. The van der Waals surface area contributed by atoms with Crippen LogP contribution in [0.5, 0.6) is 0 Å². The zero-order chi connectivity index (χ0) is 94.6. The fourth-order valence-electron chi connectivity index (χ4n) is 17.0. The summed E-state index contributed by atoms with van der Waals surface area (Å²) in [6.45, 7) is 23.4. The minimum Gasteiger partial charge on any atom is -0.460 e. The van der Waals surface area contributed by atoms with Crippen LogP contribution in [0.2, 0.25) is 0 Å². The number of oxazole rings is 1. The Labute approximate surface area is 769 Å². The molecule has 1 aliphatic carbocycles. The molecule has 7 N–H and O–H groups in total. The number of hydrogen-bond acceptors (Lipinski definition) is 32. The number of benzene rings is 1. The highest BCUT2D eigenvalue weighted by Crippen LogP contribution is 2.41. The molecular formula is C95H143N13O23. The van der Waals surface area contributed by atoms with Crippen molar-refractivity contribution in [3.05, 3.63) is 84.0 Å². The van der Waals surface area contributed by atoms with E-state index in [1.807, 2.05) is 109 Å². The number of unbranched alkanes of at least 4 members (excludes halogenated alkanes) is 2. The third-order valence-electron chi connectivity index (χ3n) is 24.5. The molecule has 131 heavy (non-hydrogen) atoms. The number of nitrogens with zero attached hydrogens (tertiary/aromatic N) is 10. The number of nitrogens with two attached hydrogens (primary N) is 2. The van der Waals surface area contributed by atoms with E-state index in [9.17, 15) is 39.0 Å². The van der Waals surface area contributed by atoms with Crippen LogP contribution in [0, 0.1) is 35.5 Å². The monoisotopic (exact) mass is 1830 g/mol. The van der Waals surface area contributed by atoms with Gasteiger partial charge >= 0.3 is 11.9 Å². The number of oxime groups is 1. The normalized spacial score (nSPS) is 26.4. The Morgan fingerprint density at radius 3 is 2.20 bits per heavy atom. The molecule has 0 radical (unpaired) electrons. The fourth-order valence-corrected chi connectivity index (χ4v) is 17.0. The minimum atomic E-state index is -2.48. The first-order chi connectivity index (χ1) is 62.9. The van der Waals surface area contributed by atoms with Crippen LogP contribution < -0.4 is 16.8 Å². The number of carbonyl (C=O) groups excluding carboxylic acids is 7. The van der Waals surface area contributed by atoms with Crippen LogP contribution in [0.1, 0.15) is 209 Å². The number of Topliss-reactive ketones (excluding diaryl/α,β-unsaturated/α-hetero) is 3. The number of rotatable bonds is 42. The number of hydrogen-bond donors (Lipinski definition) is 5. The lowest BCUT2D eigenvalue weighted by atomic mass is 9.77. The van der Waals surface area contributed by atoms with Gasteiger partial charge in [-0.1, -0.05) is 87.9 Å². The van der Waals surface area contributed by atoms with Crippen LogP contribution in [0.4, 0.5) is 11.8 Å². The molecule has 726 valence electrons. The third-order valence-corrected chi connectivity index (χ3v) is 24.5. The van der Waals surface area contributed by atoms with Crippen molar-refractivity contribution >= 4 is 80.8 Å². The number of allylic oxidation sites excluding steroid dienone is 6. The van der Waals surface area contributed by atoms with Crippen molar-refractivity contribution in [2.75, 3.05) is 125 Å². The van der Waals surface area contributed by atoms with Gasteiger partial charge in [-0.3, -0.25) is 28.8 Å². The number of nitrogen functional groups attached to an aromatic ring is 2. The average Bonchev–Trinajstić information content (AvgIpc) is 1.41. The van der Waals surface area contributed by atoms with Crippen molar-refractivity contribution in [3.63, 3.8) is 0 Å². The molecule has 36 heteroatoms. The molecule has 9 rings (SSSR count). The van der Waals surface area contributed by atoms with Gasteiger partial charge in [0.15, 0.2) is 17.0 Å². The number of esters is 2. The van der Waals surface area contributed by atoms with Crippen LogP contribution >= 0.6 is 0 Å². The second kappa shape index (κ2) is 53.6. The van der Waals surface area contributed by atoms with Gasteiger partial charge < -0.3 is 98.0 Å². The summed E-state index contributed by atoms with van der Waals surface area (Å²) in [5.41, 5.74) is 16.8. The summed E-state index contributed by atoms with van der Waals surface area (Å²) >= 11 is 0. The van der Waals surface area contributed by atoms with E-state index in [-0.39, 0.29) is 98.8 Å². The Bertz CT molecular complexity index is 4610. The lowest BCUT2D eigenvalue weighted by molar-refractivity contribution is -0.265. The van der Waals surface area contributed by atoms with Crippen molar-refractivity contribution in [2.24, 2.45) is 40.7 Å². The molecule has 1 saturated carbocycles. The molecule has 1 aromatic carbocycles. The SMILES string of the molecule is CO[C@H]1C[C@@H]2CC[C@@H](C)[C@@](O)(O2)C(=O)C(=O)N2CCCC[C@H]2C(=O)O[C@H]([C@H](C)C[C@@H]2CC[C@H](n3cc(COC(=O)CCCOCCOCCOCCC(=O)NCCOCCOCCOCCC(=O)CCCCCn4nc(-c5ccc6oc(N)nc6c5)c5c(N)ncnc54)nn3)[C@H](OC)C2)C/C(=N/OC(C)(C)C)[C@H](C)/C=C(\C)[C@@H](O)[C@@H](OC)C(=O)[C@H](C)C[C@H](C)/C=C/C=C/C=C/1C. The quantitative estimate of drug-likeness (QED) is 0.00796. The van der Waals surface area contributed by atoms with Gasteiger partial charge in [0, 0.05) is 109 Å². The summed E-state index contributed by atoms with van der Waals surface area (Å²) < 4.78 is 79.1. The topological polar surface area (TPSA) is 460 Å². The van der Waals surface area contributed by atoms with Gasteiger partial charge in [0.1, 0.15) is 71.4 Å². The van der Waals surface area contributed by atoms with Crippen LogP contribution in [0.15, 0.2) is 87.9 Å². The van der Waals surface area contributed by atoms with E-state index in [0.717, 1.165) is 36.8 Å². The predicted molar refractivity (Wildman–Crippen MR) is 488 cm³/mol. The van der Waals surface area contributed by atoms with Gasteiger partial charge in [-0.2, -0.15) is 10.1 Å². The van der Waals surface area contributed by atoms with Gasteiger partial charge in [-0.15, -0.1) is 5.10 Å². The molecule has 3 fully saturated rings. The summed E-state index contributed by atoms with van der Waals surface area (Å²) in [4.78, 5) is 117. The highest BCUT2D eigenvalue weighted by molar-refractivity contribution is 6.39. The molecule has 2 saturated heterocycles. The number of aliphatic hydroxyl groups is 2. The summed E-state index contributed by atoms with van der Waals surface area (Å²) in [6.07, 6.45) is 19.2. The van der Waals surface area contributed by atoms with Crippen LogP contribution in [0.3, 0.4) is 0 Å². The number of ether oxygens (including phenoxy) is 12. The van der Waals surface area contributed by atoms with E-state index in [2.05, 4.69) is 30.6 Å². The summed E-state index contributed by atoms with van der Waals surface area (Å²) in [6, 6.07) is 4.19. The van der Waals surface area contributed by atoms with Gasteiger partial charge in [-0.05, 0) is 165 Å². The minimum absolute atomic E-state index is 0.0116. The summed E-state index contributed by atoms with van der Waals surface area (Å²) in [5.74, 6) is -7.83.